The molecule has 2 heterocycles. The standard InChI is InChI=1S/C21H32N6O3S/c1-15-13-19(23-31(3,28)29)20(27(15)21-22-24-25-26(21)2)14-30-18-11-9-17(10-12-18)16-7-5-4-6-8-16/h4-8,15,17-20,23H,9-14H2,1-3H3/t15?,17-,18+,19-,20-/m0/s1. The molecule has 0 spiro atoms. The van der Waals surface area contributed by atoms with Crippen LogP contribution in [-0.4, -0.2) is 65.7 Å². The van der Waals surface area contributed by atoms with E-state index in [-0.39, 0.29) is 24.2 Å². The van der Waals surface area contributed by atoms with Crippen molar-refractivity contribution in [2.45, 2.75) is 69.2 Å². The largest absolute Gasteiger partial charge is 0.376 e. The summed E-state index contributed by atoms with van der Waals surface area (Å²) in [6.45, 7) is 2.50. The van der Waals surface area contributed by atoms with E-state index in [0.29, 0.717) is 24.9 Å². The van der Waals surface area contributed by atoms with Gasteiger partial charge in [0.05, 0.1) is 25.0 Å². The fourth-order valence-corrected chi connectivity index (χ4v) is 5.87. The van der Waals surface area contributed by atoms with Crippen molar-refractivity contribution < 1.29 is 13.2 Å². The van der Waals surface area contributed by atoms with E-state index < -0.39 is 10.0 Å². The molecule has 10 heteroatoms. The normalized spacial score (nSPS) is 29.4. The Hall–Kier alpha value is -2.04. The molecule has 170 valence electrons. The van der Waals surface area contributed by atoms with E-state index >= 15 is 0 Å². The van der Waals surface area contributed by atoms with Crippen molar-refractivity contribution in [3.8, 4) is 0 Å². The van der Waals surface area contributed by atoms with E-state index in [2.05, 4.69) is 62.4 Å². The van der Waals surface area contributed by atoms with Gasteiger partial charge in [-0.1, -0.05) is 35.4 Å². The van der Waals surface area contributed by atoms with Crippen LogP contribution in [0, 0.1) is 0 Å². The number of nitrogens with zero attached hydrogens (tertiary/aromatic N) is 5. The molecule has 1 aliphatic carbocycles. The van der Waals surface area contributed by atoms with E-state index in [4.69, 9.17) is 4.74 Å². The maximum absolute atomic E-state index is 12.0. The van der Waals surface area contributed by atoms with Gasteiger partial charge in [-0.2, -0.15) is 0 Å². The average Bonchev–Trinajstić information content (AvgIpc) is 3.28. The van der Waals surface area contributed by atoms with Crippen molar-refractivity contribution in [3.63, 3.8) is 0 Å². The summed E-state index contributed by atoms with van der Waals surface area (Å²) in [6, 6.07) is 10.4. The summed E-state index contributed by atoms with van der Waals surface area (Å²) >= 11 is 0. The van der Waals surface area contributed by atoms with Crippen LogP contribution in [-0.2, 0) is 21.8 Å². The fourth-order valence-electron chi connectivity index (χ4n) is 5.07. The molecule has 1 N–H and O–H groups in total. The highest BCUT2D eigenvalue weighted by molar-refractivity contribution is 7.88. The Morgan fingerprint density at radius 3 is 2.48 bits per heavy atom. The third kappa shape index (κ3) is 5.24. The van der Waals surface area contributed by atoms with Gasteiger partial charge in [0.15, 0.2) is 0 Å². The Balaban J connectivity index is 1.42. The maximum atomic E-state index is 12.0. The lowest BCUT2D eigenvalue weighted by Gasteiger charge is -2.33. The molecular formula is C21H32N6O3S. The van der Waals surface area contributed by atoms with Crippen LogP contribution in [0.1, 0.15) is 50.5 Å². The number of anilines is 1. The van der Waals surface area contributed by atoms with Crippen LogP contribution >= 0.6 is 0 Å². The lowest BCUT2D eigenvalue weighted by Crippen LogP contribution is -2.49. The lowest BCUT2D eigenvalue weighted by atomic mass is 9.83. The molecule has 1 saturated heterocycles. The predicted molar refractivity (Wildman–Crippen MR) is 118 cm³/mol. The average molecular weight is 449 g/mol. The van der Waals surface area contributed by atoms with Gasteiger partial charge in [0.1, 0.15) is 0 Å². The highest BCUT2D eigenvalue weighted by atomic mass is 32.2. The highest BCUT2D eigenvalue weighted by Crippen LogP contribution is 2.35. The quantitative estimate of drug-likeness (QED) is 0.689. The van der Waals surface area contributed by atoms with E-state index in [9.17, 15) is 8.42 Å². The minimum absolute atomic E-state index is 0.0892. The summed E-state index contributed by atoms with van der Waals surface area (Å²) in [6.07, 6.45) is 6.31. The summed E-state index contributed by atoms with van der Waals surface area (Å²) in [7, 11) is -1.54. The number of rotatable bonds is 7. The second kappa shape index (κ2) is 9.22. The van der Waals surface area contributed by atoms with Crippen LogP contribution in [0.15, 0.2) is 30.3 Å². The number of ether oxygens (including phenoxy) is 1. The fraction of sp³-hybridized carbons (Fsp3) is 0.667. The summed E-state index contributed by atoms with van der Waals surface area (Å²) in [5, 5.41) is 11.9. The molecule has 2 aromatic rings. The van der Waals surface area contributed by atoms with Gasteiger partial charge in [0.2, 0.25) is 16.0 Å². The Labute approximate surface area is 184 Å². The van der Waals surface area contributed by atoms with Gasteiger partial charge in [-0.05, 0) is 60.9 Å². The second-order valence-electron chi connectivity index (χ2n) is 8.88. The third-order valence-electron chi connectivity index (χ3n) is 6.53. The zero-order valence-corrected chi connectivity index (χ0v) is 19.2. The predicted octanol–water partition coefficient (Wildman–Crippen LogP) is 1.84. The van der Waals surface area contributed by atoms with Crippen LogP contribution in [0.5, 0.6) is 0 Å². The Morgan fingerprint density at radius 2 is 1.87 bits per heavy atom. The zero-order chi connectivity index (χ0) is 22.0. The molecule has 1 aromatic heterocycles. The minimum Gasteiger partial charge on any atom is -0.376 e. The molecule has 0 amide bonds. The van der Waals surface area contributed by atoms with Crippen molar-refractivity contribution in [1.82, 2.24) is 24.9 Å². The number of aromatic nitrogens is 4. The van der Waals surface area contributed by atoms with Crippen molar-refractivity contribution in [3.05, 3.63) is 35.9 Å². The SMILES string of the molecule is CC1C[C@H](NS(C)(=O)=O)[C@H](CO[C@H]2CC[C@@H](c3ccccc3)CC2)N1c1nnnn1C. The molecule has 4 rings (SSSR count). The van der Waals surface area contributed by atoms with Crippen molar-refractivity contribution in [2.24, 2.45) is 7.05 Å². The first-order valence-electron chi connectivity index (χ1n) is 11.0. The number of hydrogen-bond acceptors (Lipinski definition) is 7. The van der Waals surface area contributed by atoms with Gasteiger partial charge in [0.25, 0.3) is 0 Å². The number of sulfonamides is 1. The smallest absolute Gasteiger partial charge is 0.245 e. The monoisotopic (exact) mass is 448 g/mol. The molecule has 9 nitrogen and oxygen atoms in total. The van der Waals surface area contributed by atoms with E-state index in [1.165, 1.54) is 11.8 Å². The molecule has 1 aliphatic heterocycles. The van der Waals surface area contributed by atoms with Gasteiger partial charge < -0.3 is 9.64 Å². The molecule has 2 fully saturated rings. The molecular weight excluding hydrogens is 416 g/mol. The molecule has 0 bridgehead atoms. The zero-order valence-electron chi connectivity index (χ0n) is 18.4. The number of nitrogens with one attached hydrogen (secondary N) is 1. The lowest BCUT2D eigenvalue weighted by molar-refractivity contribution is 0.0153. The van der Waals surface area contributed by atoms with Crippen LogP contribution in [0.25, 0.3) is 0 Å². The Bertz CT molecular complexity index is 959. The van der Waals surface area contributed by atoms with E-state index in [1.807, 2.05) is 0 Å². The summed E-state index contributed by atoms with van der Waals surface area (Å²) in [5.41, 5.74) is 1.41. The van der Waals surface area contributed by atoms with Crippen molar-refractivity contribution in [1.29, 1.82) is 0 Å². The highest BCUT2D eigenvalue weighted by Gasteiger charge is 2.43. The number of aryl methyl sites for hydroxylation is 1. The Morgan fingerprint density at radius 1 is 1.16 bits per heavy atom. The Kier molecular flexibility index (Phi) is 6.59. The van der Waals surface area contributed by atoms with Crippen molar-refractivity contribution >= 4 is 16.0 Å². The molecule has 31 heavy (non-hydrogen) atoms. The van der Waals surface area contributed by atoms with Crippen molar-refractivity contribution in [2.75, 3.05) is 17.8 Å². The first-order valence-corrected chi connectivity index (χ1v) is 12.9. The van der Waals surface area contributed by atoms with Gasteiger partial charge in [-0.25, -0.2) is 17.8 Å². The molecule has 2 aliphatic rings. The van der Waals surface area contributed by atoms with Crippen LogP contribution < -0.4 is 9.62 Å². The molecule has 0 radical (unpaired) electrons. The number of benzene rings is 1. The van der Waals surface area contributed by atoms with Crippen LogP contribution in [0.4, 0.5) is 5.95 Å². The maximum Gasteiger partial charge on any atom is 0.245 e. The topological polar surface area (TPSA) is 102 Å². The van der Waals surface area contributed by atoms with Gasteiger partial charge >= 0.3 is 0 Å². The molecule has 1 saturated carbocycles. The summed E-state index contributed by atoms with van der Waals surface area (Å²) in [4.78, 5) is 2.10. The van der Waals surface area contributed by atoms with Gasteiger partial charge in [0, 0.05) is 19.1 Å². The van der Waals surface area contributed by atoms with E-state index in [1.54, 1.807) is 11.7 Å². The summed E-state index contributed by atoms with van der Waals surface area (Å²) < 4.78 is 34.7. The number of tetrazole rings is 1. The molecule has 1 unspecified atom stereocenters. The van der Waals surface area contributed by atoms with Crippen LogP contribution in [0.2, 0.25) is 0 Å². The first-order chi connectivity index (χ1) is 14.8. The first kappa shape index (κ1) is 22.2. The number of hydrogen-bond donors (Lipinski definition) is 1. The van der Waals surface area contributed by atoms with Crippen LogP contribution in [0.3, 0.4) is 0 Å². The summed E-state index contributed by atoms with van der Waals surface area (Å²) in [5.74, 6) is 1.22. The molecule has 3 atom stereocenters. The second-order valence-corrected chi connectivity index (χ2v) is 10.7. The van der Waals surface area contributed by atoms with Gasteiger partial charge in [-0.3, -0.25) is 0 Å². The van der Waals surface area contributed by atoms with Gasteiger partial charge in [-0.15, -0.1) is 0 Å². The molecule has 1 aromatic carbocycles. The minimum atomic E-state index is -3.34. The third-order valence-corrected chi connectivity index (χ3v) is 7.26. The van der Waals surface area contributed by atoms with E-state index in [0.717, 1.165) is 25.7 Å².